The average Bonchev–Trinajstić information content (AvgIpc) is 2.86. The highest BCUT2D eigenvalue weighted by Gasteiger charge is 2.31. The minimum atomic E-state index is -0.233. The summed E-state index contributed by atoms with van der Waals surface area (Å²) < 4.78 is 5.84. The van der Waals surface area contributed by atoms with Gasteiger partial charge in [-0.15, -0.1) is 0 Å². The number of hydrogen-bond donors (Lipinski definition) is 2. The van der Waals surface area contributed by atoms with Crippen molar-refractivity contribution < 1.29 is 9.53 Å². The van der Waals surface area contributed by atoms with E-state index in [1.165, 1.54) is 44.9 Å². The minimum absolute atomic E-state index is 0.104. The number of nitrogens with two attached hydrogens (primary N) is 1. The fourth-order valence-electron chi connectivity index (χ4n) is 3.42. The Balaban J connectivity index is 1.49. The van der Waals surface area contributed by atoms with Gasteiger partial charge >= 0.3 is 0 Å². The first-order chi connectivity index (χ1) is 9.68. The summed E-state index contributed by atoms with van der Waals surface area (Å²) in [6, 6.07) is 0. The third-order valence-electron chi connectivity index (χ3n) is 4.66. The SMILES string of the molecule is NC1(CC(=O)NCCCOC2CCCCC2)CCCC1. The van der Waals surface area contributed by atoms with Crippen molar-refractivity contribution in [3.05, 3.63) is 0 Å². The number of rotatable bonds is 7. The third kappa shape index (κ3) is 5.41. The summed E-state index contributed by atoms with van der Waals surface area (Å²) in [6.45, 7) is 1.47. The van der Waals surface area contributed by atoms with E-state index in [1.54, 1.807) is 0 Å². The lowest BCUT2D eigenvalue weighted by atomic mass is 9.94. The summed E-state index contributed by atoms with van der Waals surface area (Å²) in [5.74, 6) is 0.104. The molecule has 0 radical (unpaired) electrons. The lowest BCUT2D eigenvalue weighted by Crippen LogP contribution is -2.42. The van der Waals surface area contributed by atoms with Crippen LogP contribution in [0.2, 0.25) is 0 Å². The normalized spacial score (nSPS) is 22.9. The Hall–Kier alpha value is -0.610. The third-order valence-corrected chi connectivity index (χ3v) is 4.66. The molecule has 2 fully saturated rings. The van der Waals surface area contributed by atoms with Crippen LogP contribution < -0.4 is 11.1 Å². The molecule has 0 aromatic heterocycles. The molecule has 1 amide bonds. The Morgan fingerprint density at radius 1 is 1.15 bits per heavy atom. The van der Waals surface area contributed by atoms with Gasteiger partial charge in [0.05, 0.1) is 6.10 Å². The molecule has 2 aliphatic rings. The van der Waals surface area contributed by atoms with Gasteiger partial charge in [0.2, 0.25) is 5.91 Å². The maximum Gasteiger partial charge on any atom is 0.221 e. The van der Waals surface area contributed by atoms with Gasteiger partial charge in [-0.1, -0.05) is 32.1 Å². The Morgan fingerprint density at radius 3 is 2.55 bits per heavy atom. The van der Waals surface area contributed by atoms with Gasteiger partial charge in [-0.05, 0) is 32.1 Å². The van der Waals surface area contributed by atoms with Crippen molar-refractivity contribution in [3.63, 3.8) is 0 Å². The van der Waals surface area contributed by atoms with E-state index in [4.69, 9.17) is 10.5 Å². The van der Waals surface area contributed by atoms with Crippen LogP contribution in [0.25, 0.3) is 0 Å². The summed E-state index contributed by atoms with van der Waals surface area (Å²) in [4.78, 5) is 11.8. The zero-order valence-electron chi connectivity index (χ0n) is 12.7. The maximum atomic E-state index is 11.8. The number of nitrogens with one attached hydrogen (secondary N) is 1. The van der Waals surface area contributed by atoms with Gasteiger partial charge in [0, 0.05) is 25.1 Å². The molecule has 0 aliphatic heterocycles. The maximum absolute atomic E-state index is 11.8. The van der Waals surface area contributed by atoms with Crippen LogP contribution in [0.15, 0.2) is 0 Å². The molecule has 0 saturated heterocycles. The molecule has 3 N–H and O–H groups in total. The molecule has 0 atom stereocenters. The molecule has 0 bridgehead atoms. The highest BCUT2D eigenvalue weighted by Crippen LogP contribution is 2.29. The first-order valence-corrected chi connectivity index (χ1v) is 8.35. The second-order valence-electron chi connectivity index (χ2n) is 6.58. The Kier molecular flexibility index (Phi) is 6.30. The number of ether oxygens (including phenoxy) is 1. The molecule has 0 heterocycles. The topological polar surface area (TPSA) is 64.4 Å². The molecular formula is C16H30N2O2. The van der Waals surface area contributed by atoms with Crippen LogP contribution in [0.3, 0.4) is 0 Å². The van der Waals surface area contributed by atoms with Crippen molar-refractivity contribution in [3.8, 4) is 0 Å². The number of hydrogen-bond acceptors (Lipinski definition) is 3. The van der Waals surface area contributed by atoms with E-state index in [1.807, 2.05) is 0 Å². The summed E-state index contributed by atoms with van der Waals surface area (Å²) in [6.07, 6.45) is 12.6. The van der Waals surface area contributed by atoms with Crippen LogP contribution in [0.1, 0.15) is 70.6 Å². The number of amides is 1. The van der Waals surface area contributed by atoms with E-state index in [-0.39, 0.29) is 11.4 Å². The van der Waals surface area contributed by atoms with Crippen molar-refractivity contribution in [1.29, 1.82) is 0 Å². The molecule has 0 aromatic carbocycles. The molecule has 2 saturated carbocycles. The first kappa shape index (κ1) is 15.8. The standard InChI is InChI=1S/C16H30N2O2/c17-16(9-4-5-10-16)13-15(19)18-11-6-12-20-14-7-2-1-3-8-14/h14H,1-13,17H2,(H,18,19). The van der Waals surface area contributed by atoms with Crippen molar-refractivity contribution >= 4 is 5.91 Å². The average molecular weight is 282 g/mol. The van der Waals surface area contributed by atoms with Crippen molar-refractivity contribution in [1.82, 2.24) is 5.32 Å². The second kappa shape index (κ2) is 7.99. The van der Waals surface area contributed by atoms with E-state index in [2.05, 4.69) is 5.32 Å². The lowest BCUT2D eigenvalue weighted by Gasteiger charge is -2.23. The van der Waals surface area contributed by atoms with Gasteiger partial charge in [-0.2, -0.15) is 0 Å². The zero-order valence-corrected chi connectivity index (χ0v) is 12.7. The fourth-order valence-corrected chi connectivity index (χ4v) is 3.42. The Labute approximate surface area is 122 Å². The monoisotopic (exact) mass is 282 g/mol. The Bertz CT molecular complexity index is 295. The molecule has 0 unspecified atom stereocenters. The quantitative estimate of drug-likeness (QED) is 0.705. The summed E-state index contributed by atoms with van der Waals surface area (Å²) in [5.41, 5.74) is 5.97. The molecule has 0 aromatic rings. The smallest absolute Gasteiger partial charge is 0.221 e. The molecule has 4 nitrogen and oxygen atoms in total. The van der Waals surface area contributed by atoms with E-state index in [0.29, 0.717) is 19.1 Å². The predicted octanol–water partition coefficient (Wildman–Crippen LogP) is 2.50. The highest BCUT2D eigenvalue weighted by molar-refractivity contribution is 5.77. The van der Waals surface area contributed by atoms with E-state index in [9.17, 15) is 4.79 Å². The summed E-state index contributed by atoms with van der Waals surface area (Å²) in [5, 5.41) is 2.97. The second-order valence-corrected chi connectivity index (χ2v) is 6.58. The lowest BCUT2D eigenvalue weighted by molar-refractivity contribution is -0.122. The van der Waals surface area contributed by atoms with Crippen LogP contribution in [0.4, 0.5) is 0 Å². The van der Waals surface area contributed by atoms with Crippen molar-refractivity contribution in [2.75, 3.05) is 13.2 Å². The van der Waals surface area contributed by atoms with Crippen LogP contribution in [-0.4, -0.2) is 30.7 Å². The van der Waals surface area contributed by atoms with Gasteiger partial charge in [0.25, 0.3) is 0 Å². The summed E-state index contributed by atoms with van der Waals surface area (Å²) in [7, 11) is 0. The van der Waals surface area contributed by atoms with Crippen LogP contribution >= 0.6 is 0 Å². The number of carbonyl (C=O) groups excluding carboxylic acids is 1. The highest BCUT2D eigenvalue weighted by atomic mass is 16.5. The Morgan fingerprint density at radius 2 is 1.85 bits per heavy atom. The van der Waals surface area contributed by atoms with Crippen LogP contribution in [0.5, 0.6) is 0 Å². The molecule has 20 heavy (non-hydrogen) atoms. The molecule has 0 spiro atoms. The van der Waals surface area contributed by atoms with E-state index >= 15 is 0 Å². The van der Waals surface area contributed by atoms with Gasteiger partial charge in [-0.3, -0.25) is 4.79 Å². The molecule has 4 heteroatoms. The first-order valence-electron chi connectivity index (χ1n) is 8.35. The molecule has 116 valence electrons. The van der Waals surface area contributed by atoms with Gasteiger partial charge in [0.15, 0.2) is 0 Å². The van der Waals surface area contributed by atoms with E-state index in [0.717, 1.165) is 25.9 Å². The van der Waals surface area contributed by atoms with Gasteiger partial charge in [0.1, 0.15) is 0 Å². The van der Waals surface area contributed by atoms with Crippen molar-refractivity contribution in [2.24, 2.45) is 5.73 Å². The molecule has 2 rings (SSSR count). The van der Waals surface area contributed by atoms with Crippen molar-refractivity contribution in [2.45, 2.75) is 82.3 Å². The van der Waals surface area contributed by atoms with Gasteiger partial charge in [-0.25, -0.2) is 0 Å². The number of carbonyl (C=O) groups is 1. The predicted molar refractivity (Wildman–Crippen MR) is 80.5 cm³/mol. The van der Waals surface area contributed by atoms with Gasteiger partial charge < -0.3 is 15.8 Å². The van der Waals surface area contributed by atoms with Crippen LogP contribution in [-0.2, 0) is 9.53 Å². The molecule has 2 aliphatic carbocycles. The fraction of sp³-hybridized carbons (Fsp3) is 0.938. The minimum Gasteiger partial charge on any atom is -0.378 e. The largest absolute Gasteiger partial charge is 0.378 e. The summed E-state index contributed by atoms with van der Waals surface area (Å²) >= 11 is 0. The van der Waals surface area contributed by atoms with Crippen LogP contribution in [0, 0.1) is 0 Å². The zero-order chi connectivity index (χ0) is 14.3. The molecular weight excluding hydrogens is 252 g/mol. The van der Waals surface area contributed by atoms with E-state index < -0.39 is 0 Å².